The Balaban J connectivity index is 1.32. The van der Waals surface area contributed by atoms with Gasteiger partial charge in [-0.15, -0.1) is 0 Å². The molecule has 0 aromatic heterocycles. The molecule has 0 saturated heterocycles. The summed E-state index contributed by atoms with van der Waals surface area (Å²) in [5.74, 6) is -0.970. The zero-order valence-electron chi connectivity index (χ0n) is 26.3. The van der Waals surface area contributed by atoms with Gasteiger partial charge in [-0.2, -0.15) is 0 Å². The highest BCUT2D eigenvalue weighted by Gasteiger charge is 2.32. The fraction of sp³-hybridized carbons (Fsp3) is 0.243. The van der Waals surface area contributed by atoms with E-state index in [2.05, 4.69) is 16.1 Å². The first-order valence-corrected chi connectivity index (χ1v) is 17.6. The number of hydrogen-bond acceptors (Lipinski definition) is 5. The van der Waals surface area contributed by atoms with E-state index in [0.29, 0.717) is 17.1 Å². The number of halogens is 2. The number of anilines is 1. The second-order valence-electron chi connectivity index (χ2n) is 11.5. The molecule has 0 radical (unpaired) electrons. The molecule has 11 heteroatoms. The zero-order chi connectivity index (χ0) is 33.9. The van der Waals surface area contributed by atoms with Gasteiger partial charge in [0.05, 0.1) is 4.90 Å². The molecule has 0 spiro atoms. The first kappa shape index (κ1) is 34.7. The quantitative estimate of drug-likeness (QED) is 0.134. The normalized spacial score (nSPS) is 13.6. The molecule has 5 rings (SSSR count). The van der Waals surface area contributed by atoms with Crippen LogP contribution in [0, 0.1) is 5.82 Å². The van der Waals surface area contributed by atoms with Crippen molar-refractivity contribution in [2.24, 2.45) is 0 Å². The van der Waals surface area contributed by atoms with Crippen LogP contribution in [0.25, 0.3) is 0 Å². The highest BCUT2D eigenvalue weighted by molar-refractivity contribution is 7.92. The molecule has 8 nitrogen and oxygen atoms in total. The van der Waals surface area contributed by atoms with Crippen LogP contribution in [0.3, 0.4) is 0 Å². The maximum atomic E-state index is 13.9. The Morgan fingerprint density at radius 2 is 1.60 bits per heavy atom. The van der Waals surface area contributed by atoms with Crippen molar-refractivity contribution < 1.29 is 27.1 Å². The van der Waals surface area contributed by atoms with Gasteiger partial charge in [0.25, 0.3) is 15.9 Å². The summed E-state index contributed by atoms with van der Waals surface area (Å²) in [4.78, 5) is 29.2. The van der Waals surface area contributed by atoms with E-state index in [1.165, 1.54) is 53.3 Å². The first-order valence-electron chi connectivity index (χ1n) is 15.7. The fourth-order valence-electron chi connectivity index (χ4n) is 5.47. The minimum Gasteiger partial charge on any atom is -0.484 e. The van der Waals surface area contributed by atoms with E-state index in [-0.39, 0.29) is 28.8 Å². The molecule has 1 atom stereocenters. The Labute approximate surface area is 285 Å². The number of nitrogens with zero attached hydrogens (tertiary/aromatic N) is 1. The van der Waals surface area contributed by atoms with Crippen LogP contribution < -0.4 is 14.8 Å². The lowest BCUT2D eigenvalue weighted by molar-refractivity contribution is -0.143. The highest BCUT2D eigenvalue weighted by Crippen LogP contribution is 2.26. The Hall–Kier alpha value is -4.67. The summed E-state index contributed by atoms with van der Waals surface area (Å²) in [6.07, 6.45) is 7.45. The number of benzene rings is 4. The summed E-state index contributed by atoms with van der Waals surface area (Å²) in [6, 6.07) is 25.8. The molecule has 48 heavy (non-hydrogen) atoms. The van der Waals surface area contributed by atoms with Crippen LogP contribution in [-0.2, 0) is 26.2 Å². The standard InChI is InChI=1S/C37H37ClFN3O5S/c38-30-13-11-28(12-14-30)25-42(36(29-9-5-2-6-10-29)37(44)40-24-23-27-7-3-1-4-8-27)35(43)26-47-33-19-21-34(22-20-33)48(45,46)41-32-17-15-31(39)16-18-32/h2,5-7,9-22,36,41H,1,3-4,8,23-26H2,(H,40,44). The average Bonchev–Trinajstić information content (AvgIpc) is 3.10. The predicted octanol–water partition coefficient (Wildman–Crippen LogP) is 7.44. The van der Waals surface area contributed by atoms with Gasteiger partial charge in [0, 0.05) is 23.8 Å². The average molecular weight is 690 g/mol. The number of carbonyl (C=O) groups excluding carboxylic acids is 2. The number of amides is 2. The number of rotatable bonds is 14. The summed E-state index contributed by atoms with van der Waals surface area (Å²) in [7, 11) is -3.95. The summed E-state index contributed by atoms with van der Waals surface area (Å²) in [6.45, 7) is 0.166. The second-order valence-corrected chi connectivity index (χ2v) is 13.6. The molecule has 1 aliphatic carbocycles. The monoisotopic (exact) mass is 689 g/mol. The maximum Gasteiger partial charge on any atom is 0.261 e. The lowest BCUT2D eigenvalue weighted by Gasteiger charge is -2.31. The summed E-state index contributed by atoms with van der Waals surface area (Å²) in [5.41, 5.74) is 2.98. The minimum atomic E-state index is -3.95. The topological polar surface area (TPSA) is 105 Å². The van der Waals surface area contributed by atoms with Gasteiger partial charge >= 0.3 is 0 Å². The minimum absolute atomic E-state index is 0.0420. The number of nitrogens with one attached hydrogen (secondary N) is 2. The van der Waals surface area contributed by atoms with E-state index >= 15 is 0 Å². The van der Waals surface area contributed by atoms with Gasteiger partial charge < -0.3 is 15.0 Å². The lowest BCUT2D eigenvalue weighted by atomic mass is 9.97. The Kier molecular flexibility index (Phi) is 11.9. The van der Waals surface area contributed by atoms with E-state index in [9.17, 15) is 22.4 Å². The first-order chi connectivity index (χ1) is 23.2. The molecule has 0 aliphatic heterocycles. The van der Waals surface area contributed by atoms with Gasteiger partial charge in [-0.3, -0.25) is 14.3 Å². The number of sulfonamides is 1. The van der Waals surface area contributed by atoms with Crippen LogP contribution in [0.2, 0.25) is 5.02 Å². The van der Waals surface area contributed by atoms with Crippen molar-refractivity contribution in [2.45, 2.75) is 49.6 Å². The summed E-state index contributed by atoms with van der Waals surface area (Å²) >= 11 is 6.12. The molecule has 250 valence electrons. The molecule has 2 N–H and O–H groups in total. The molecule has 0 heterocycles. The SMILES string of the molecule is O=C(NCCC1=CCCCC1)C(c1ccccc1)N(Cc1ccc(Cl)cc1)C(=O)COc1ccc(S(=O)(=O)Nc2ccc(F)cc2)cc1. The lowest BCUT2D eigenvalue weighted by Crippen LogP contribution is -2.45. The van der Waals surface area contributed by atoms with Crippen LogP contribution in [-0.4, -0.2) is 38.3 Å². The fourth-order valence-corrected chi connectivity index (χ4v) is 6.65. The maximum absolute atomic E-state index is 13.9. The van der Waals surface area contributed by atoms with Crippen molar-refractivity contribution in [1.82, 2.24) is 10.2 Å². The Morgan fingerprint density at radius 3 is 2.27 bits per heavy atom. The zero-order valence-corrected chi connectivity index (χ0v) is 27.9. The van der Waals surface area contributed by atoms with Crippen molar-refractivity contribution in [2.75, 3.05) is 17.9 Å². The van der Waals surface area contributed by atoms with E-state index in [4.69, 9.17) is 16.3 Å². The van der Waals surface area contributed by atoms with Gasteiger partial charge in [0.2, 0.25) is 5.91 Å². The van der Waals surface area contributed by atoms with E-state index in [1.54, 1.807) is 24.3 Å². The predicted molar refractivity (Wildman–Crippen MR) is 185 cm³/mol. The second kappa shape index (κ2) is 16.4. The molecule has 1 aliphatic rings. The van der Waals surface area contributed by atoms with Crippen LogP contribution >= 0.6 is 11.6 Å². The number of hydrogen-bond donors (Lipinski definition) is 2. The molecular formula is C37H37ClFN3O5S. The third-order valence-electron chi connectivity index (χ3n) is 7.99. The molecule has 1 unspecified atom stereocenters. The number of carbonyl (C=O) groups is 2. The van der Waals surface area contributed by atoms with Crippen molar-refractivity contribution in [3.8, 4) is 5.75 Å². The van der Waals surface area contributed by atoms with Gasteiger partial charge in [-0.1, -0.05) is 65.7 Å². The van der Waals surface area contributed by atoms with Gasteiger partial charge in [0.15, 0.2) is 6.61 Å². The number of ether oxygens (including phenoxy) is 1. The van der Waals surface area contributed by atoms with Gasteiger partial charge in [-0.25, -0.2) is 12.8 Å². The molecule has 0 saturated carbocycles. The summed E-state index contributed by atoms with van der Waals surface area (Å²) < 4.78 is 47.1. The van der Waals surface area contributed by atoms with Gasteiger partial charge in [0.1, 0.15) is 17.6 Å². The Morgan fingerprint density at radius 1 is 0.896 bits per heavy atom. The molecular weight excluding hydrogens is 653 g/mol. The third-order valence-corrected chi connectivity index (χ3v) is 9.63. The van der Waals surface area contributed by atoms with E-state index in [0.717, 1.165) is 43.4 Å². The van der Waals surface area contributed by atoms with E-state index < -0.39 is 34.4 Å². The highest BCUT2D eigenvalue weighted by atomic mass is 35.5. The van der Waals surface area contributed by atoms with Crippen LogP contribution in [0.15, 0.2) is 120 Å². The van der Waals surface area contributed by atoms with Crippen molar-refractivity contribution >= 4 is 39.1 Å². The smallest absolute Gasteiger partial charge is 0.261 e. The van der Waals surface area contributed by atoms with Gasteiger partial charge in [-0.05, 0) is 104 Å². The number of allylic oxidation sites excluding steroid dienone is 1. The van der Waals surface area contributed by atoms with Crippen molar-refractivity contribution in [1.29, 1.82) is 0 Å². The third kappa shape index (κ3) is 9.68. The molecule has 4 aromatic rings. The molecule has 0 bridgehead atoms. The van der Waals surface area contributed by atoms with Crippen molar-refractivity contribution in [3.63, 3.8) is 0 Å². The van der Waals surface area contributed by atoms with Crippen LogP contribution in [0.4, 0.5) is 10.1 Å². The van der Waals surface area contributed by atoms with Crippen LogP contribution in [0.5, 0.6) is 5.75 Å². The summed E-state index contributed by atoms with van der Waals surface area (Å²) in [5, 5.41) is 3.60. The molecule has 0 fully saturated rings. The molecule has 4 aromatic carbocycles. The largest absolute Gasteiger partial charge is 0.484 e. The Bertz CT molecular complexity index is 1820. The van der Waals surface area contributed by atoms with Crippen LogP contribution in [0.1, 0.15) is 49.3 Å². The van der Waals surface area contributed by atoms with E-state index in [1.807, 2.05) is 30.3 Å². The van der Waals surface area contributed by atoms with Crippen molar-refractivity contribution in [3.05, 3.63) is 137 Å². The molecule has 2 amide bonds.